The summed E-state index contributed by atoms with van der Waals surface area (Å²) in [6.45, 7) is 6.75. The smallest absolute Gasteiger partial charge is 0.173 e. The number of likely N-dealkylation sites (N-methyl/N-ethyl adjacent to an activating group) is 1. The first kappa shape index (κ1) is 16.2. The number of nitrogens with zero attached hydrogens (tertiary/aromatic N) is 1. The van der Waals surface area contributed by atoms with Gasteiger partial charge in [-0.1, -0.05) is 25.5 Å². The molecule has 0 aliphatic carbocycles. The molecule has 1 unspecified atom stereocenters. The molecule has 1 aromatic carbocycles. The number of quaternary nitrogens is 1. The van der Waals surface area contributed by atoms with Crippen LogP contribution < -0.4 is 10.2 Å². The van der Waals surface area contributed by atoms with Gasteiger partial charge in [-0.25, -0.2) is 0 Å². The number of benzene rings is 1. The molecule has 1 heterocycles. The van der Waals surface area contributed by atoms with E-state index in [1.807, 2.05) is 0 Å². The summed E-state index contributed by atoms with van der Waals surface area (Å²) in [4.78, 5) is 3.90. The van der Waals surface area contributed by atoms with Crippen LogP contribution in [0.15, 0.2) is 24.3 Å². The van der Waals surface area contributed by atoms with E-state index in [2.05, 4.69) is 48.5 Å². The second-order valence-corrected chi connectivity index (χ2v) is 6.42. The average Bonchev–Trinajstić information content (AvgIpc) is 2.71. The minimum absolute atomic E-state index is 0.867. The molecule has 2 N–H and O–H groups in total. The van der Waals surface area contributed by atoms with Crippen molar-refractivity contribution in [1.29, 1.82) is 0 Å². The van der Waals surface area contributed by atoms with Crippen molar-refractivity contribution in [2.45, 2.75) is 32.6 Å². The number of nitrogens with one attached hydrogen (secondary N) is 2. The molecule has 0 saturated carbocycles. The maximum atomic E-state index is 5.56. The highest BCUT2D eigenvalue weighted by atomic mass is 32.1. The van der Waals surface area contributed by atoms with E-state index in [0.29, 0.717) is 0 Å². The van der Waals surface area contributed by atoms with Crippen molar-refractivity contribution in [2.75, 3.05) is 38.5 Å². The number of hydrogen-bond acceptors (Lipinski definition) is 1. The van der Waals surface area contributed by atoms with Crippen LogP contribution in [0, 0.1) is 0 Å². The summed E-state index contributed by atoms with van der Waals surface area (Å²) in [7, 11) is 2.26. The van der Waals surface area contributed by atoms with Gasteiger partial charge in [0.1, 0.15) is 0 Å². The highest BCUT2D eigenvalue weighted by Crippen LogP contribution is 2.12. The molecule has 3 nitrogen and oxygen atoms in total. The molecule has 0 aromatic heterocycles. The van der Waals surface area contributed by atoms with E-state index >= 15 is 0 Å². The number of hydrogen-bond donors (Lipinski definition) is 2. The fourth-order valence-electron chi connectivity index (χ4n) is 2.68. The van der Waals surface area contributed by atoms with E-state index in [0.717, 1.165) is 30.4 Å². The van der Waals surface area contributed by atoms with Crippen molar-refractivity contribution in [1.82, 2.24) is 4.90 Å². The minimum atomic E-state index is 0.867. The summed E-state index contributed by atoms with van der Waals surface area (Å²) in [5, 5.41) is 4.25. The summed E-state index contributed by atoms with van der Waals surface area (Å²) < 4.78 is 0. The van der Waals surface area contributed by atoms with Crippen molar-refractivity contribution >= 4 is 23.0 Å². The lowest BCUT2D eigenvalue weighted by Crippen LogP contribution is -3.09. The lowest BCUT2D eigenvalue weighted by Gasteiger charge is -2.23. The molecule has 0 bridgehead atoms. The molecule has 0 amide bonds. The van der Waals surface area contributed by atoms with E-state index in [-0.39, 0.29) is 0 Å². The zero-order chi connectivity index (χ0) is 15.1. The quantitative estimate of drug-likeness (QED) is 0.830. The second kappa shape index (κ2) is 8.35. The second-order valence-electron chi connectivity index (χ2n) is 6.03. The molecule has 1 aliphatic heterocycles. The summed E-state index contributed by atoms with van der Waals surface area (Å²) in [6, 6.07) is 8.71. The highest BCUT2D eigenvalue weighted by Gasteiger charge is 2.16. The Balaban J connectivity index is 1.86. The number of thiocarbonyl (C=S) groups is 1. The van der Waals surface area contributed by atoms with Crippen LogP contribution in [0.3, 0.4) is 0 Å². The van der Waals surface area contributed by atoms with Gasteiger partial charge >= 0.3 is 0 Å². The van der Waals surface area contributed by atoms with Crippen molar-refractivity contribution < 1.29 is 4.90 Å². The molecular weight excluding hydrogens is 278 g/mol. The Morgan fingerprint density at radius 3 is 2.71 bits per heavy atom. The summed E-state index contributed by atoms with van der Waals surface area (Å²) in [5.41, 5.74) is 2.51. The van der Waals surface area contributed by atoms with Crippen LogP contribution in [0.25, 0.3) is 0 Å². The third-order valence-corrected chi connectivity index (χ3v) is 4.51. The van der Waals surface area contributed by atoms with E-state index in [4.69, 9.17) is 12.2 Å². The third kappa shape index (κ3) is 5.29. The fourth-order valence-corrected chi connectivity index (χ4v) is 2.98. The lowest BCUT2D eigenvalue weighted by atomic mass is 10.1. The Kier molecular flexibility index (Phi) is 6.46. The van der Waals surface area contributed by atoms with Gasteiger partial charge in [0, 0.05) is 18.7 Å². The number of rotatable bonds is 4. The Bertz CT molecular complexity index is 444. The number of anilines is 1. The van der Waals surface area contributed by atoms with Gasteiger partial charge in [0.25, 0.3) is 0 Å². The normalized spacial score (nSPS) is 19.1. The van der Waals surface area contributed by atoms with Crippen molar-refractivity contribution in [3.05, 3.63) is 29.8 Å². The standard InChI is InChI=1S/C17H27N3S/c1-3-4-6-15-7-9-16(10-8-15)18-17(21)20-12-5-11-19(2)13-14-20/h7-10H,3-6,11-14H2,1-2H3,(H,18,21)/p+1. The van der Waals surface area contributed by atoms with E-state index in [9.17, 15) is 0 Å². The van der Waals surface area contributed by atoms with Gasteiger partial charge in [0.05, 0.1) is 26.7 Å². The van der Waals surface area contributed by atoms with E-state index < -0.39 is 0 Å². The van der Waals surface area contributed by atoms with Gasteiger partial charge in [0.15, 0.2) is 5.11 Å². The lowest BCUT2D eigenvalue weighted by molar-refractivity contribution is -0.877. The number of unbranched alkanes of at least 4 members (excludes halogenated alkanes) is 1. The zero-order valence-corrected chi connectivity index (χ0v) is 14.1. The molecule has 21 heavy (non-hydrogen) atoms. The molecule has 0 radical (unpaired) electrons. The zero-order valence-electron chi connectivity index (χ0n) is 13.3. The van der Waals surface area contributed by atoms with Gasteiger partial charge in [-0.3, -0.25) is 0 Å². The van der Waals surface area contributed by atoms with Gasteiger partial charge in [-0.2, -0.15) is 0 Å². The fraction of sp³-hybridized carbons (Fsp3) is 0.588. The average molecular weight is 306 g/mol. The largest absolute Gasteiger partial charge is 0.343 e. The van der Waals surface area contributed by atoms with Crippen LogP contribution in [-0.4, -0.2) is 43.2 Å². The molecule has 1 aromatic rings. The minimum Gasteiger partial charge on any atom is -0.343 e. The Hall–Kier alpha value is -1.13. The van der Waals surface area contributed by atoms with Gasteiger partial charge in [-0.15, -0.1) is 0 Å². The Morgan fingerprint density at radius 1 is 1.24 bits per heavy atom. The molecule has 1 aliphatic rings. The van der Waals surface area contributed by atoms with E-state index in [1.165, 1.54) is 37.8 Å². The molecule has 116 valence electrons. The van der Waals surface area contributed by atoms with Gasteiger partial charge < -0.3 is 15.1 Å². The van der Waals surface area contributed by atoms with Crippen molar-refractivity contribution in [2.24, 2.45) is 0 Å². The predicted molar refractivity (Wildman–Crippen MR) is 94.1 cm³/mol. The van der Waals surface area contributed by atoms with Crippen molar-refractivity contribution in [3.63, 3.8) is 0 Å². The molecule has 1 atom stereocenters. The predicted octanol–water partition coefficient (Wildman–Crippen LogP) is 1.95. The maximum absolute atomic E-state index is 5.56. The molecular formula is C17H28N3S+. The van der Waals surface area contributed by atoms with Crippen LogP contribution in [0.5, 0.6) is 0 Å². The molecule has 2 rings (SSSR count). The van der Waals surface area contributed by atoms with Crippen LogP contribution >= 0.6 is 12.2 Å². The molecule has 4 heteroatoms. The van der Waals surface area contributed by atoms with Crippen LogP contribution in [0.1, 0.15) is 31.7 Å². The first-order chi connectivity index (χ1) is 10.2. The van der Waals surface area contributed by atoms with Crippen molar-refractivity contribution in [3.8, 4) is 0 Å². The molecule has 0 spiro atoms. The molecule has 1 saturated heterocycles. The highest BCUT2D eigenvalue weighted by molar-refractivity contribution is 7.80. The Morgan fingerprint density at radius 2 is 2.00 bits per heavy atom. The number of aryl methyl sites for hydroxylation is 1. The van der Waals surface area contributed by atoms with Crippen LogP contribution in [0.4, 0.5) is 5.69 Å². The first-order valence-electron chi connectivity index (χ1n) is 8.15. The van der Waals surface area contributed by atoms with E-state index in [1.54, 1.807) is 4.90 Å². The topological polar surface area (TPSA) is 19.7 Å². The summed E-state index contributed by atoms with van der Waals surface area (Å²) in [6.07, 6.45) is 4.89. The SMILES string of the molecule is CCCCc1ccc(NC(=S)N2CCC[NH+](C)CC2)cc1. The first-order valence-corrected chi connectivity index (χ1v) is 8.56. The van der Waals surface area contributed by atoms with Gasteiger partial charge in [-0.05, 0) is 42.8 Å². The Labute approximate surface area is 134 Å². The maximum Gasteiger partial charge on any atom is 0.173 e. The van der Waals surface area contributed by atoms with Crippen LogP contribution in [-0.2, 0) is 6.42 Å². The monoisotopic (exact) mass is 306 g/mol. The van der Waals surface area contributed by atoms with Crippen LogP contribution in [0.2, 0.25) is 0 Å². The molecule has 1 fully saturated rings. The summed E-state index contributed by atoms with van der Waals surface area (Å²) >= 11 is 5.56. The van der Waals surface area contributed by atoms with Gasteiger partial charge in [0.2, 0.25) is 0 Å². The third-order valence-electron chi connectivity index (χ3n) is 4.15. The summed E-state index contributed by atoms with van der Waals surface area (Å²) in [5.74, 6) is 0.